The highest BCUT2D eigenvalue weighted by atomic mass is 16.5. The van der Waals surface area contributed by atoms with Gasteiger partial charge in [-0.3, -0.25) is 9.59 Å². The van der Waals surface area contributed by atoms with E-state index in [0.717, 1.165) is 28.9 Å². The molecule has 0 spiro atoms. The van der Waals surface area contributed by atoms with E-state index >= 15 is 0 Å². The fourth-order valence-corrected chi connectivity index (χ4v) is 3.17. The van der Waals surface area contributed by atoms with Gasteiger partial charge in [-0.15, -0.1) is 0 Å². The second-order valence-corrected chi connectivity index (χ2v) is 6.88. The third-order valence-electron chi connectivity index (χ3n) is 4.36. The molecule has 1 aliphatic heterocycles. The van der Waals surface area contributed by atoms with Gasteiger partial charge in [0.15, 0.2) is 0 Å². The molecule has 1 N–H and O–H groups in total. The summed E-state index contributed by atoms with van der Waals surface area (Å²) in [7, 11) is 0. The zero-order valence-corrected chi connectivity index (χ0v) is 15.6. The van der Waals surface area contributed by atoms with Crippen LogP contribution in [0.1, 0.15) is 42.3 Å². The van der Waals surface area contributed by atoms with Gasteiger partial charge in [0, 0.05) is 24.8 Å². The van der Waals surface area contributed by atoms with Crippen LogP contribution in [0.25, 0.3) is 0 Å². The second-order valence-electron chi connectivity index (χ2n) is 6.88. The average Bonchev–Trinajstić information content (AvgIpc) is 2.97. The molecular formula is C21H24N2O3. The SMILES string of the molecule is CC(=O)N1CCc2cc(NC(=O)c3ccc(C)cc3OC(C)C)ccc21. The van der Waals surface area contributed by atoms with Crippen LogP contribution in [0.5, 0.6) is 5.75 Å². The van der Waals surface area contributed by atoms with Gasteiger partial charge in [0.25, 0.3) is 5.91 Å². The molecule has 0 saturated carbocycles. The number of nitrogens with one attached hydrogen (secondary N) is 1. The molecule has 0 radical (unpaired) electrons. The Hall–Kier alpha value is -2.82. The van der Waals surface area contributed by atoms with Crippen LogP contribution in [0, 0.1) is 6.92 Å². The Morgan fingerprint density at radius 2 is 1.92 bits per heavy atom. The third kappa shape index (κ3) is 3.72. The molecule has 2 amide bonds. The minimum Gasteiger partial charge on any atom is -0.490 e. The number of fused-ring (bicyclic) bond motifs is 1. The van der Waals surface area contributed by atoms with E-state index in [1.165, 1.54) is 0 Å². The first-order valence-electron chi connectivity index (χ1n) is 8.85. The van der Waals surface area contributed by atoms with Gasteiger partial charge in [-0.25, -0.2) is 0 Å². The molecule has 0 aromatic heterocycles. The van der Waals surface area contributed by atoms with E-state index in [1.807, 2.05) is 51.1 Å². The molecule has 1 heterocycles. The van der Waals surface area contributed by atoms with Crippen LogP contribution in [0.3, 0.4) is 0 Å². The van der Waals surface area contributed by atoms with Gasteiger partial charge in [-0.2, -0.15) is 0 Å². The van der Waals surface area contributed by atoms with Crippen LogP contribution in [-0.4, -0.2) is 24.5 Å². The molecule has 0 saturated heterocycles. The first-order valence-corrected chi connectivity index (χ1v) is 8.85. The molecule has 0 unspecified atom stereocenters. The Kier molecular flexibility index (Phi) is 4.98. The summed E-state index contributed by atoms with van der Waals surface area (Å²) in [6, 6.07) is 11.2. The number of carbonyl (C=O) groups is 2. The van der Waals surface area contributed by atoms with Crippen LogP contribution in [0.4, 0.5) is 11.4 Å². The van der Waals surface area contributed by atoms with Crippen molar-refractivity contribution < 1.29 is 14.3 Å². The van der Waals surface area contributed by atoms with Crippen molar-refractivity contribution in [3.8, 4) is 5.75 Å². The minimum atomic E-state index is -0.206. The molecule has 0 atom stereocenters. The van der Waals surface area contributed by atoms with E-state index in [1.54, 1.807) is 17.9 Å². The maximum atomic E-state index is 12.7. The molecule has 0 fully saturated rings. The van der Waals surface area contributed by atoms with Crippen molar-refractivity contribution in [2.75, 3.05) is 16.8 Å². The zero-order chi connectivity index (χ0) is 18.8. The highest BCUT2D eigenvalue weighted by Crippen LogP contribution is 2.31. The molecule has 5 heteroatoms. The van der Waals surface area contributed by atoms with Gasteiger partial charge in [-0.05, 0) is 68.7 Å². The first-order chi connectivity index (χ1) is 12.3. The van der Waals surface area contributed by atoms with Crippen LogP contribution in [0.15, 0.2) is 36.4 Å². The van der Waals surface area contributed by atoms with Gasteiger partial charge in [0.05, 0.1) is 11.7 Å². The summed E-state index contributed by atoms with van der Waals surface area (Å²) in [5.41, 5.74) is 4.26. The van der Waals surface area contributed by atoms with Crippen molar-refractivity contribution in [2.45, 2.75) is 40.2 Å². The van der Waals surface area contributed by atoms with Crippen LogP contribution >= 0.6 is 0 Å². The maximum absolute atomic E-state index is 12.7. The number of ether oxygens (including phenoxy) is 1. The lowest BCUT2D eigenvalue weighted by Gasteiger charge is -2.16. The predicted molar refractivity (Wildman–Crippen MR) is 103 cm³/mol. The number of hydrogen-bond acceptors (Lipinski definition) is 3. The quantitative estimate of drug-likeness (QED) is 0.906. The summed E-state index contributed by atoms with van der Waals surface area (Å²) in [5.74, 6) is 0.416. The normalized spacial score (nSPS) is 12.9. The fraction of sp³-hybridized carbons (Fsp3) is 0.333. The summed E-state index contributed by atoms with van der Waals surface area (Å²) >= 11 is 0. The van der Waals surface area contributed by atoms with Crippen molar-refractivity contribution in [3.05, 3.63) is 53.1 Å². The number of hydrogen-bond donors (Lipinski definition) is 1. The molecule has 1 aliphatic rings. The van der Waals surface area contributed by atoms with Gasteiger partial charge in [0.2, 0.25) is 5.91 Å². The van der Waals surface area contributed by atoms with Crippen LogP contribution in [0.2, 0.25) is 0 Å². The topological polar surface area (TPSA) is 58.6 Å². The van der Waals surface area contributed by atoms with Crippen molar-refractivity contribution in [1.29, 1.82) is 0 Å². The number of carbonyl (C=O) groups excluding carboxylic acids is 2. The first kappa shape index (κ1) is 18.0. The number of aryl methyl sites for hydroxylation is 1. The molecule has 26 heavy (non-hydrogen) atoms. The summed E-state index contributed by atoms with van der Waals surface area (Å²) in [6.45, 7) is 8.09. The van der Waals surface area contributed by atoms with Crippen molar-refractivity contribution in [2.24, 2.45) is 0 Å². The minimum absolute atomic E-state index is 0.0130. The number of nitrogens with zero attached hydrogens (tertiary/aromatic N) is 1. The predicted octanol–water partition coefficient (Wildman–Crippen LogP) is 3.94. The summed E-state index contributed by atoms with van der Waals surface area (Å²) in [5, 5.41) is 2.94. The van der Waals surface area contributed by atoms with E-state index in [-0.39, 0.29) is 17.9 Å². The Morgan fingerprint density at radius 1 is 1.15 bits per heavy atom. The Labute approximate surface area is 154 Å². The van der Waals surface area contributed by atoms with E-state index in [9.17, 15) is 9.59 Å². The smallest absolute Gasteiger partial charge is 0.259 e. The van der Waals surface area contributed by atoms with Gasteiger partial charge >= 0.3 is 0 Å². The highest BCUT2D eigenvalue weighted by Gasteiger charge is 2.22. The number of amides is 2. The number of rotatable bonds is 4. The highest BCUT2D eigenvalue weighted by molar-refractivity contribution is 6.06. The summed E-state index contributed by atoms with van der Waals surface area (Å²) in [6.07, 6.45) is 0.783. The van der Waals surface area contributed by atoms with Crippen molar-refractivity contribution >= 4 is 23.2 Å². The van der Waals surface area contributed by atoms with Crippen LogP contribution in [-0.2, 0) is 11.2 Å². The van der Waals surface area contributed by atoms with E-state index in [2.05, 4.69) is 5.32 Å². The van der Waals surface area contributed by atoms with Gasteiger partial charge < -0.3 is 15.0 Å². The maximum Gasteiger partial charge on any atom is 0.259 e. The molecular weight excluding hydrogens is 328 g/mol. The van der Waals surface area contributed by atoms with Gasteiger partial charge in [-0.1, -0.05) is 6.07 Å². The van der Waals surface area contributed by atoms with Crippen LogP contribution < -0.4 is 15.0 Å². The molecule has 3 rings (SSSR count). The van der Waals surface area contributed by atoms with Gasteiger partial charge in [0.1, 0.15) is 5.75 Å². The summed E-state index contributed by atoms with van der Waals surface area (Å²) < 4.78 is 5.79. The van der Waals surface area contributed by atoms with Crippen molar-refractivity contribution in [1.82, 2.24) is 0 Å². The molecule has 136 valence electrons. The largest absolute Gasteiger partial charge is 0.490 e. The number of benzene rings is 2. The summed E-state index contributed by atoms with van der Waals surface area (Å²) in [4.78, 5) is 26.2. The standard InChI is InChI=1S/C21H24N2O3/c1-13(2)26-20-11-14(3)5-7-18(20)21(25)22-17-6-8-19-16(12-17)9-10-23(19)15(4)24/h5-8,11-13H,9-10H2,1-4H3,(H,22,25). The third-order valence-corrected chi connectivity index (χ3v) is 4.36. The Morgan fingerprint density at radius 3 is 2.62 bits per heavy atom. The molecule has 2 aromatic carbocycles. The molecule has 5 nitrogen and oxygen atoms in total. The lowest BCUT2D eigenvalue weighted by Crippen LogP contribution is -2.25. The van der Waals surface area contributed by atoms with E-state index < -0.39 is 0 Å². The molecule has 2 aromatic rings. The zero-order valence-electron chi connectivity index (χ0n) is 15.6. The fourth-order valence-electron chi connectivity index (χ4n) is 3.17. The van der Waals surface area contributed by atoms with E-state index in [0.29, 0.717) is 17.9 Å². The Balaban J connectivity index is 1.82. The lowest BCUT2D eigenvalue weighted by atomic mass is 10.1. The Bertz CT molecular complexity index is 858. The van der Waals surface area contributed by atoms with E-state index in [4.69, 9.17) is 4.74 Å². The lowest BCUT2D eigenvalue weighted by molar-refractivity contribution is -0.116. The number of anilines is 2. The second kappa shape index (κ2) is 7.20. The monoisotopic (exact) mass is 352 g/mol. The molecule has 0 bridgehead atoms. The van der Waals surface area contributed by atoms with Crippen molar-refractivity contribution in [3.63, 3.8) is 0 Å². The molecule has 0 aliphatic carbocycles. The average molecular weight is 352 g/mol.